The van der Waals surface area contributed by atoms with Gasteiger partial charge in [0.15, 0.2) is 0 Å². The van der Waals surface area contributed by atoms with Crippen molar-refractivity contribution in [3.8, 4) is 0 Å². The fourth-order valence-corrected chi connectivity index (χ4v) is 2.62. The van der Waals surface area contributed by atoms with Crippen molar-refractivity contribution < 1.29 is 14.4 Å². The molecule has 0 bridgehead atoms. The lowest BCUT2D eigenvalue weighted by molar-refractivity contribution is -0.137. The van der Waals surface area contributed by atoms with E-state index in [1.807, 2.05) is 0 Å². The minimum Gasteiger partial charge on any atom is -0.342 e. The Morgan fingerprint density at radius 1 is 1.14 bits per heavy atom. The fraction of sp³-hybridized carbons (Fsp3) is 0.357. The largest absolute Gasteiger partial charge is 0.342 e. The second-order valence-electron chi connectivity index (χ2n) is 4.84. The van der Waals surface area contributed by atoms with Crippen LogP contribution in [-0.2, 0) is 14.4 Å². The molecule has 0 unspecified atom stereocenters. The lowest BCUT2D eigenvalue weighted by atomic mass is 10.2. The number of para-hydroxylation sites is 1. The van der Waals surface area contributed by atoms with Crippen molar-refractivity contribution in [1.82, 2.24) is 9.80 Å². The Balaban J connectivity index is 1.89. The number of piperazine rings is 1. The summed E-state index contributed by atoms with van der Waals surface area (Å²) in [6.07, 6.45) is 0.469. The molecule has 8 heteroatoms. The van der Waals surface area contributed by atoms with Gasteiger partial charge < -0.3 is 15.1 Å². The van der Waals surface area contributed by atoms with Crippen molar-refractivity contribution >= 4 is 47.1 Å². The molecule has 1 aromatic carbocycles. The number of carbonyl (C=O) groups is 3. The molecular weight excluding hydrogens is 329 g/mol. The van der Waals surface area contributed by atoms with Crippen LogP contribution in [0.4, 0.5) is 5.69 Å². The summed E-state index contributed by atoms with van der Waals surface area (Å²) in [6.45, 7) is 1.82. The van der Waals surface area contributed by atoms with Crippen molar-refractivity contribution in [3.63, 3.8) is 0 Å². The summed E-state index contributed by atoms with van der Waals surface area (Å²) in [5, 5.41) is 3.18. The first kappa shape index (κ1) is 16.6. The SMILES string of the molecule is O=CN1CCN(C(=O)CC(=O)Nc2c(Cl)cccc2Cl)CC1. The number of nitrogens with one attached hydrogen (secondary N) is 1. The van der Waals surface area contributed by atoms with Crippen LogP contribution in [0.2, 0.25) is 10.0 Å². The van der Waals surface area contributed by atoms with Gasteiger partial charge in [-0.25, -0.2) is 0 Å². The lowest BCUT2D eigenvalue weighted by Gasteiger charge is -2.32. The van der Waals surface area contributed by atoms with Crippen LogP contribution in [0, 0.1) is 0 Å². The molecule has 0 radical (unpaired) electrons. The third kappa shape index (κ3) is 4.11. The molecule has 1 aliphatic rings. The zero-order valence-electron chi connectivity index (χ0n) is 11.7. The van der Waals surface area contributed by atoms with Crippen LogP contribution < -0.4 is 5.32 Å². The van der Waals surface area contributed by atoms with Crippen molar-refractivity contribution in [1.29, 1.82) is 0 Å². The minimum absolute atomic E-state index is 0.286. The van der Waals surface area contributed by atoms with Gasteiger partial charge in [0.2, 0.25) is 18.2 Å². The monoisotopic (exact) mass is 343 g/mol. The Hall–Kier alpha value is -1.79. The molecule has 1 N–H and O–H groups in total. The number of amides is 3. The smallest absolute Gasteiger partial charge is 0.233 e. The van der Waals surface area contributed by atoms with Crippen molar-refractivity contribution in [2.75, 3.05) is 31.5 Å². The quantitative estimate of drug-likeness (QED) is 0.667. The predicted molar refractivity (Wildman–Crippen MR) is 83.9 cm³/mol. The Labute approximate surface area is 138 Å². The maximum atomic E-state index is 12.1. The standard InChI is InChI=1S/C14H15Cl2N3O3/c15-10-2-1-3-11(16)14(10)17-12(21)8-13(22)19-6-4-18(9-20)5-7-19/h1-3,9H,4-8H2,(H,17,21). The summed E-state index contributed by atoms with van der Waals surface area (Å²) in [5.41, 5.74) is 0.300. The molecule has 118 valence electrons. The fourth-order valence-electron chi connectivity index (χ4n) is 2.13. The van der Waals surface area contributed by atoms with E-state index in [0.29, 0.717) is 41.9 Å². The molecule has 0 aliphatic carbocycles. The highest BCUT2D eigenvalue weighted by molar-refractivity contribution is 6.39. The second-order valence-corrected chi connectivity index (χ2v) is 5.66. The van der Waals surface area contributed by atoms with Gasteiger partial charge in [0.25, 0.3) is 0 Å². The molecule has 22 heavy (non-hydrogen) atoms. The van der Waals surface area contributed by atoms with E-state index in [4.69, 9.17) is 23.2 Å². The third-order valence-electron chi connectivity index (χ3n) is 3.36. The zero-order chi connectivity index (χ0) is 16.1. The molecule has 6 nitrogen and oxygen atoms in total. The lowest BCUT2D eigenvalue weighted by Crippen LogP contribution is -2.48. The van der Waals surface area contributed by atoms with Crippen molar-refractivity contribution in [3.05, 3.63) is 28.2 Å². The molecule has 3 amide bonds. The highest BCUT2D eigenvalue weighted by Gasteiger charge is 2.22. The van der Waals surface area contributed by atoms with Gasteiger partial charge in [-0.15, -0.1) is 0 Å². The summed E-state index contributed by atoms with van der Waals surface area (Å²) in [4.78, 5) is 37.8. The normalized spacial score (nSPS) is 14.6. The Bertz CT molecular complexity index is 566. The zero-order valence-corrected chi connectivity index (χ0v) is 13.2. The average Bonchev–Trinajstić information content (AvgIpc) is 2.51. The maximum Gasteiger partial charge on any atom is 0.233 e. The highest BCUT2D eigenvalue weighted by Crippen LogP contribution is 2.29. The highest BCUT2D eigenvalue weighted by atomic mass is 35.5. The molecular formula is C14H15Cl2N3O3. The number of benzene rings is 1. The van der Waals surface area contributed by atoms with Crippen LogP contribution in [0.5, 0.6) is 0 Å². The van der Waals surface area contributed by atoms with E-state index in [2.05, 4.69) is 5.32 Å². The van der Waals surface area contributed by atoms with E-state index in [9.17, 15) is 14.4 Å². The molecule has 1 aliphatic heterocycles. The van der Waals surface area contributed by atoms with Crippen LogP contribution >= 0.6 is 23.2 Å². The number of nitrogens with zero attached hydrogens (tertiary/aromatic N) is 2. The Morgan fingerprint density at radius 3 is 2.27 bits per heavy atom. The maximum absolute atomic E-state index is 12.1. The first-order chi connectivity index (χ1) is 10.5. The first-order valence-electron chi connectivity index (χ1n) is 6.72. The predicted octanol–water partition coefficient (Wildman–Crippen LogP) is 1.62. The molecule has 0 aromatic heterocycles. The number of hydrogen-bond acceptors (Lipinski definition) is 3. The van der Waals surface area contributed by atoms with Crippen molar-refractivity contribution in [2.24, 2.45) is 0 Å². The van der Waals surface area contributed by atoms with E-state index >= 15 is 0 Å². The van der Waals surface area contributed by atoms with E-state index in [1.54, 1.807) is 28.0 Å². The van der Waals surface area contributed by atoms with Crippen LogP contribution in [0.3, 0.4) is 0 Å². The summed E-state index contributed by atoms with van der Waals surface area (Å²) in [7, 11) is 0. The van der Waals surface area contributed by atoms with E-state index in [-0.39, 0.29) is 12.3 Å². The van der Waals surface area contributed by atoms with E-state index < -0.39 is 5.91 Å². The van der Waals surface area contributed by atoms with E-state index in [0.717, 1.165) is 6.41 Å². The molecule has 1 fully saturated rings. The number of hydrogen-bond donors (Lipinski definition) is 1. The summed E-state index contributed by atoms with van der Waals surface area (Å²) in [5.74, 6) is -0.760. The molecule has 1 aromatic rings. The average molecular weight is 344 g/mol. The number of rotatable bonds is 4. The minimum atomic E-state index is -0.474. The molecule has 2 rings (SSSR count). The van der Waals surface area contributed by atoms with Crippen molar-refractivity contribution in [2.45, 2.75) is 6.42 Å². The van der Waals surface area contributed by atoms with Gasteiger partial charge in [-0.2, -0.15) is 0 Å². The Kier molecular flexibility index (Phi) is 5.63. The van der Waals surface area contributed by atoms with Crippen LogP contribution in [-0.4, -0.2) is 54.2 Å². The van der Waals surface area contributed by atoms with E-state index in [1.165, 1.54) is 0 Å². The van der Waals surface area contributed by atoms with Gasteiger partial charge in [-0.3, -0.25) is 14.4 Å². The van der Waals surface area contributed by atoms with Gasteiger partial charge >= 0.3 is 0 Å². The van der Waals surface area contributed by atoms with Gasteiger partial charge in [0.05, 0.1) is 15.7 Å². The summed E-state index contributed by atoms with van der Waals surface area (Å²) in [6, 6.07) is 4.87. The van der Waals surface area contributed by atoms with Crippen LogP contribution in [0.25, 0.3) is 0 Å². The summed E-state index contributed by atoms with van der Waals surface area (Å²) < 4.78 is 0. The van der Waals surface area contributed by atoms with Crippen LogP contribution in [0.15, 0.2) is 18.2 Å². The number of carbonyl (C=O) groups excluding carboxylic acids is 3. The van der Waals surface area contributed by atoms with Gasteiger partial charge in [-0.1, -0.05) is 29.3 Å². The third-order valence-corrected chi connectivity index (χ3v) is 3.98. The molecule has 0 atom stereocenters. The first-order valence-corrected chi connectivity index (χ1v) is 7.48. The van der Waals surface area contributed by atoms with Gasteiger partial charge in [-0.05, 0) is 12.1 Å². The molecule has 0 saturated carbocycles. The summed E-state index contributed by atoms with van der Waals surface area (Å²) >= 11 is 11.9. The Morgan fingerprint density at radius 2 is 1.73 bits per heavy atom. The molecule has 1 heterocycles. The topological polar surface area (TPSA) is 69.7 Å². The van der Waals surface area contributed by atoms with Gasteiger partial charge in [0.1, 0.15) is 6.42 Å². The molecule has 1 saturated heterocycles. The second kappa shape index (κ2) is 7.47. The molecule has 0 spiro atoms. The number of halogens is 2. The van der Waals surface area contributed by atoms with Crippen LogP contribution in [0.1, 0.15) is 6.42 Å². The number of anilines is 1. The van der Waals surface area contributed by atoms with Gasteiger partial charge in [0, 0.05) is 26.2 Å².